The second-order valence-corrected chi connectivity index (χ2v) is 8.22. The van der Waals surface area contributed by atoms with Gasteiger partial charge in [0.2, 0.25) is 0 Å². The molecule has 0 spiro atoms. The molecule has 0 atom stereocenters. The van der Waals surface area contributed by atoms with Gasteiger partial charge in [0.1, 0.15) is 0 Å². The van der Waals surface area contributed by atoms with E-state index in [9.17, 15) is 0 Å². The van der Waals surface area contributed by atoms with Gasteiger partial charge in [-0.15, -0.1) is 0 Å². The smallest absolute Gasteiger partial charge is 0 e. The number of hydrogen-bond donors (Lipinski definition) is 0. The average Bonchev–Trinajstić information content (AvgIpc) is 3.07. The molecular weight excluding hydrogens is 320 g/mol. The third-order valence-corrected chi connectivity index (χ3v) is 4.18. The Labute approximate surface area is 154 Å². The minimum Gasteiger partial charge on any atom is -0.745 e. The van der Waals surface area contributed by atoms with E-state index in [0.717, 1.165) is 12.8 Å². The van der Waals surface area contributed by atoms with E-state index in [1.54, 1.807) is 0 Å². The Morgan fingerprint density at radius 3 is 1.83 bits per heavy atom. The van der Waals surface area contributed by atoms with Crippen LogP contribution >= 0.6 is 0 Å². The monoisotopic (exact) mass is 354 g/mol. The van der Waals surface area contributed by atoms with Gasteiger partial charge in [0.25, 0.3) is 0 Å². The summed E-state index contributed by atoms with van der Waals surface area (Å²) >= 11 is 0. The molecule has 2 rings (SSSR count). The molecule has 0 bridgehead atoms. The van der Waals surface area contributed by atoms with Gasteiger partial charge in [0, 0.05) is 17.1 Å². The largest absolute Gasteiger partial charge is 0.745 e. The summed E-state index contributed by atoms with van der Waals surface area (Å²) in [7, 11) is 0. The summed E-state index contributed by atoms with van der Waals surface area (Å²) in [5, 5.41) is 0. The van der Waals surface area contributed by atoms with Gasteiger partial charge in [0.05, 0.1) is 0 Å². The van der Waals surface area contributed by atoms with Crippen molar-refractivity contribution < 1.29 is 17.1 Å². The molecule has 1 heteroatoms. The molecule has 23 heavy (non-hydrogen) atoms. The zero-order valence-corrected chi connectivity index (χ0v) is 17.3. The molecular formula is C22H34Fe-6. The van der Waals surface area contributed by atoms with Crippen molar-refractivity contribution in [3.8, 4) is 0 Å². The summed E-state index contributed by atoms with van der Waals surface area (Å²) in [6.45, 7) is 17.9. The van der Waals surface area contributed by atoms with Crippen LogP contribution in [0, 0.1) is 0 Å². The van der Waals surface area contributed by atoms with Gasteiger partial charge in [-0.2, -0.15) is 23.3 Å². The molecule has 0 aliphatic heterocycles. The van der Waals surface area contributed by atoms with Gasteiger partial charge in [-0.3, -0.25) is 0 Å². The maximum atomic E-state index is 2.31. The van der Waals surface area contributed by atoms with Gasteiger partial charge >= 0.3 is 0 Å². The molecule has 136 valence electrons. The van der Waals surface area contributed by atoms with Crippen molar-refractivity contribution >= 4 is 0 Å². The normalized spacial score (nSPS) is 11.5. The maximum Gasteiger partial charge on any atom is 0 e. The Morgan fingerprint density at radius 1 is 0.957 bits per heavy atom. The molecule has 0 unspecified atom stereocenters. The van der Waals surface area contributed by atoms with E-state index in [4.69, 9.17) is 0 Å². The van der Waals surface area contributed by atoms with Crippen LogP contribution in [0.25, 0.3) is 0 Å². The first-order valence-corrected chi connectivity index (χ1v) is 8.60. The predicted molar refractivity (Wildman–Crippen MR) is 100 cm³/mol. The Kier molecular flexibility index (Phi) is 8.60. The first-order chi connectivity index (χ1) is 10.1. The molecule has 2 aromatic rings. The van der Waals surface area contributed by atoms with E-state index < -0.39 is 0 Å². The standard InChI is InChI=1S/2C11H17.Fe/c2*1-5-9-6-7-10(8-9)11(2,3)4;/h2*6-8H,5H2,1-4H3;/q-5;-1;. The summed E-state index contributed by atoms with van der Waals surface area (Å²) in [6, 6.07) is 13.5. The van der Waals surface area contributed by atoms with Gasteiger partial charge in [-0.1, -0.05) is 67.2 Å². The molecule has 0 saturated carbocycles. The fraction of sp³-hybridized carbons (Fsp3) is 0.545. The molecule has 0 N–H and O–H groups in total. The second kappa shape index (κ2) is 8.90. The summed E-state index contributed by atoms with van der Waals surface area (Å²) in [5.41, 5.74) is 6.44. The Morgan fingerprint density at radius 2 is 1.57 bits per heavy atom. The predicted octanol–water partition coefficient (Wildman–Crippen LogP) is 6.53. The van der Waals surface area contributed by atoms with Crippen molar-refractivity contribution in [1.82, 2.24) is 0 Å². The van der Waals surface area contributed by atoms with E-state index in [0.29, 0.717) is 10.8 Å². The van der Waals surface area contributed by atoms with E-state index in [-0.39, 0.29) is 17.1 Å². The van der Waals surface area contributed by atoms with Crippen LogP contribution in [0.1, 0.15) is 77.6 Å². The van der Waals surface area contributed by atoms with Crippen molar-refractivity contribution in [2.24, 2.45) is 0 Å². The molecule has 0 amide bonds. The molecule has 0 nitrogen and oxygen atoms in total. The van der Waals surface area contributed by atoms with Crippen LogP contribution in [0.3, 0.4) is 0 Å². The van der Waals surface area contributed by atoms with Crippen molar-refractivity contribution in [3.63, 3.8) is 0 Å². The number of rotatable bonds is 2. The minimum absolute atomic E-state index is 0. The summed E-state index contributed by atoms with van der Waals surface area (Å²) in [5.74, 6) is 0. The Hall–Kier alpha value is -0.781. The number of aryl methyl sites for hydroxylation is 2. The summed E-state index contributed by atoms with van der Waals surface area (Å²) in [4.78, 5) is 0. The van der Waals surface area contributed by atoms with Gasteiger partial charge in [-0.05, 0) is 0 Å². The van der Waals surface area contributed by atoms with Gasteiger partial charge < -0.3 is 29.3 Å². The van der Waals surface area contributed by atoms with Gasteiger partial charge in [0.15, 0.2) is 0 Å². The van der Waals surface area contributed by atoms with Crippen LogP contribution in [0.15, 0.2) is 36.4 Å². The van der Waals surface area contributed by atoms with E-state index in [1.165, 1.54) is 22.3 Å². The van der Waals surface area contributed by atoms with Crippen LogP contribution in [-0.4, -0.2) is 0 Å². The van der Waals surface area contributed by atoms with Crippen molar-refractivity contribution in [2.45, 2.75) is 79.1 Å². The van der Waals surface area contributed by atoms with E-state index in [2.05, 4.69) is 91.8 Å². The van der Waals surface area contributed by atoms with Crippen LogP contribution in [0.4, 0.5) is 0 Å². The van der Waals surface area contributed by atoms with Crippen molar-refractivity contribution in [3.05, 3.63) is 58.7 Å². The van der Waals surface area contributed by atoms with E-state index >= 15 is 0 Å². The second-order valence-electron chi connectivity index (χ2n) is 8.22. The van der Waals surface area contributed by atoms with Crippen LogP contribution in [0.2, 0.25) is 0 Å². The Balaban J connectivity index is 0.000000403. The summed E-state index contributed by atoms with van der Waals surface area (Å²) < 4.78 is 0. The molecule has 0 saturated heterocycles. The van der Waals surface area contributed by atoms with Gasteiger partial charge in [-0.25, -0.2) is 17.9 Å². The molecule has 0 radical (unpaired) electrons. The van der Waals surface area contributed by atoms with Crippen LogP contribution in [-0.2, 0) is 40.7 Å². The van der Waals surface area contributed by atoms with Crippen LogP contribution < -0.4 is 0 Å². The molecule has 0 aliphatic carbocycles. The average molecular weight is 354 g/mol. The topological polar surface area (TPSA) is 0 Å². The molecule has 2 aromatic carbocycles. The molecule has 0 aliphatic rings. The third-order valence-electron chi connectivity index (χ3n) is 4.18. The first-order valence-electron chi connectivity index (χ1n) is 8.60. The van der Waals surface area contributed by atoms with Crippen LogP contribution in [0.5, 0.6) is 0 Å². The molecule has 0 heterocycles. The zero-order valence-electron chi connectivity index (χ0n) is 16.2. The number of hydrogen-bond acceptors (Lipinski definition) is 0. The SMILES string of the molecule is CC[c-]1[cH-][cH-][c-](C(C)(C)C)[cH-]1.CC[c-]1ccc(C(C)(C)C)c1.[Fe]. The van der Waals surface area contributed by atoms with Crippen molar-refractivity contribution in [2.75, 3.05) is 0 Å². The first kappa shape index (κ1) is 22.2. The molecule has 0 fully saturated rings. The third kappa shape index (κ3) is 7.10. The fourth-order valence-corrected chi connectivity index (χ4v) is 2.36. The Bertz CT molecular complexity index is 503. The maximum absolute atomic E-state index is 2.31. The molecule has 0 aromatic heterocycles. The zero-order chi connectivity index (χ0) is 17.0. The quantitative estimate of drug-likeness (QED) is 0.425. The van der Waals surface area contributed by atoms with E-state index in [1.807, 2.05) is 0 Å². The fourth-order valence-electron chi connectivity index (χ4n) is 2.36. The minimum atomic E-state index is 0. The summed E-state index contributed by atoms with van der Waals surface area (Å²) in [6.07, 6.45) is 2.30. The van der Waals surface area contributed by atoms with Crippen molar-refractivity contribution in [1.29, 1.82) is 0 Å².